The summed E-state index contributed by atoms with van der Waals surface area (Å²) < 4.78 is 6.17. The minimum atomic E-state index is -0.167. The van der Waals surface area contributed by atoms with Gasteiger partial charge in [0, 0.05) is 17.6 Å². The maximum absolute atomic E-state index is 11.4. The first-order chi connectivity index (χ1) is 8.13. The molecule has 6 heteroatoms. The van der Waals surface area contributed by atoms with E-state index in [4.69, 9.17) is 16.3 Å². The Balaban J connectivity index is 2.37. The Labute approximate surface area is 114 Å². The second-order valence-electron chi connectivity index (χ2n) is 3.32. The van der Waals surface area contributed by atoms with Gasteiger partial charge in [-0.1, -0.05) is 27.5 Å². The summed E-state index contributed by atoms with van der Waals surface area (Å²) in [5.74, 6) is 0.331. The molecule has 0 bridgehead atoms. The zero-order valence-electron chi connectivity index (χ0n) is 9.43. The molecule has 0 atom stereocenters. The van der Waals surface area contributed by atoms with Crippen LogP contribution < -0.4 is 15.4 Å². The lowest BCUT2D eigenvalue weighted by molar-refractivity contribution is -0.123. The Hall–Kier alpha value is -0.780. The van der Waals surface area contributed by atoms with E-state index < -0.39 is 0 Å². The molecule has 0 spiro atoms. The Morgan fingerprint density at radius 2 is 2.24 bits per heavy atom. The van der Waals surface area contributed by atoms with Crippen molar-refractivity contribution in [2.45, 2.75) is 0 Å². The quantitative estimate of drug-likeness (QED) is 0.786. The molecule has 0 unspecified atom stereocenters. The van der Waals surface area contributed by atoms with E-state index in [0.29, 0.717) is 17.3 Å². The normalized spacial score (nSPS) is 10.1. The number of carbonyl (C=O) groups excluding carboxylic acids is 1. The van der Waals surface area contributed by atoms with Gasteiger partial charge in [0.05, 0.1) is 5.02 Å². The highest BCUT2D eigenvalue weighted by atomic mass is 79.9. The third kappa shape index (κ3) is 5.39. The van der Waals surface area contributed by atoms with E-state index in [1.165, 1.54) is 0 Å². The van der Waals surface area contributed by atoms with Crippen molar-refractivity contribution in [3.8, 4) is 5.75 Å². The second kappa shape index (κ2) is 7.53. The molecule has 1 aromatic rings. The third-order valence-corrected chi connectivity index (χ3v) is 2.74. The fourth-order valence-corrected chi connectivity index (χ4v) is 1.84. The molecule has 2 N–H and O–H groups in total. The number of carbonyl (C=O) groups is 1. The number of amides is 1. The Bertz CT molecular complexity index is 388. The van der Waals surface area contributed by atoms with Crippen LogP contribution in [0.2, 0.25) is 5.02 Å². The molecular weight excluding hydrogens is 307 g/mol. The molecule has 94 valence electrons. The molecule has 0 aromatic heterocycles. The highest BCUT2D eigenvalue weighted by molar-refractivity contribution is 9.10. The van der Waals surface area contributed by atoms with E-state index in [1.807, 2.05) is 7.05 Å². The van der Waals surface area contributed by atoms with Crippen molar-refractivity contribution in [3.05, 3.63) is 27.7 Å². The van der Waals surface area contributed by atoms with Crippen LogP contribution in [-0.4, -0.2) is 32.7 Å². The summed E-state index contributed by atoms with van der Waals surface area (Å²) in [7, 11) is 1.82. The lowest BCUT2D eigenvalue weighted by Gasteiger charge is -2.08. The van der Waals surface area contributed by atoms with Gasteiger partial charge in [0.25, 0.3) is 5.91 Å². The lowest BCUT2D eigenvalue weighted by Crippen LogP contribution is -2.33. The standard InChI is InChI=1S/C11H14BrClN2O2/c1-14-4-5-15-11(16)7-17-10-3-2-8(12)6-9(10)13/h2-3,6,14H,4-5,7H2,1H3,(H,15,16). The summed E-state index contributed by atoms with van der Waals surface area (Å²) in [5.41, 5.74) is 0. The van der Waals surface area contributed by atoms with E-state index in [9.17, 15) is 4.79 Å². The molecule has 1 rings (SSSR count). The maximum atomic E-state index is 11.4. The number of halogens is 2. The maximum Gasteiger partial charge on any atom is 0.257 e. The van der Waals surface area contributed by atoms with Gasteiger partial charge in [-0.2, -0.15) is 0 Å². The number of ether oxygens (including phenoxy) is 1. The summed E-state index contributed by atoms with van der Waals surface area (Å²) in [6.45, 7) is 1.27. The molecule has 0 saturated carbocycles. The van der Waals surface area contributed by atoms with Crippen molar-refractivity contribution in [2.75, 3.05) is 26.7 Å². The van der Waals surface area contributed by atoms with Gasteiger partial charge in [0.2, 0.25) is 0 Å². The smallest absolute Gasteiger partial charge is 0.257 e. The van der Waals surface area contributed by atoms with Crippen LogP contribution >= 0.6 is 27.5 Å². The second-order valence-corrected chi connectivity index (χ2v) is 4.64. The number of hydrogen-bond donors (Lipinski definition) is 2. The topological polar surface area (TPSA) is 50.4 Å². The fourth-order valence-electron chi connectivity index (χ4n) is 1.11. The largest absolute Gasteiger partial charge is 0.482 e. The molecule has 0 saturated heterocycles. The highest BCUT2D eigenvalue weighted by Gasteiger charge is 2.05. The molecule has 0 fully saturated rings. The number of likely N-dealkylation sites (N-methyl/N-ethyl adjacent to an activating group) is 1. The predicted octanol–water partition coefficient (Wildman–Crippen LogP) is 1.82. The van der Waals surface area contributed by atoms with Crippen molar-refractivity contribution < 1.29 is 9.53 Å². The Kier molecular flexibility index (Phi) is 6.32. The number of nitrogens with one attached hydrogen (secondary N) is 2. The highest BCUT2D eigenvalue weighted by Crippen LogP contribution is 2.27. The van der Waals surface area contributed by atoms with Crippen LogP contribution in [0.1, 0.15) is 0 Å². The number of hydrogen-bond acceptors (Lipinski definition) is 3. The van der Waals surface area contributed by atoms with Gasteiger partial charge >= 0.3 is 0 Å². The van der Waals surface area contributed by atoms with Crippen molar-refractivity contribution in [3.63, 3.8) is 0 Å². The first-order valence-electron chi connectivity index (χ1n) is 5.12. The van der Waals surface area contributed by atoms with E-state index in [-0.39, 0.29) is 12.5 Å². The van der Waals surface area contributed by atoms with Crippen molar-refractivity contribution >= 4 is 33.4 Å². The van der Waals surface area contributed by atoms with Crippen LogP contribution in [0, 0.1) is 0 Å². The van der Waals surface area contributed by atoms with Crippen molar-refractivity contribution in [2.24, 2.45) is 0 Å². The van der Waals surface area contributed by atoms with Gasteiger partial charge in [-0.15, -0.1) is 0 Å². The molecule has 0 aliphatic rings. The third-order valence-electron chi connectivity index (χ3n) is 1.95. The van der Waals surface area contributed by atoms with Gasteiger partial charge in [-0.3, -0.25) is 4.79 Å². The molecule has 1 aromatic carbocycles. The molecule has 4 nitrogen and oxygen atoms in total. The van der Waals surface area contributed by atoms with Gasteiger partial charge in [-0.25, -0.2) is 0 Å². The average molecular weight is 322 g/mol. The molecular formula is C11H14BrClN2O2. The average Bonchev–Trinajstić information content (AvgIpc) is 2.28. The number of rotatable bonds is 6. The van der Waals surface area contributed by atoms with E-state index in [1.54, 1.807) is 18.2 Å². The van der Waals surface area contributed by atoms with Crippen LogP contribution in [0.4, 0.5) is 0 Å². The number of benzene rings is 1. The first kappa shape index (κ1) is 14.3. The summed E-state index contributed by atoms with van der Waals surface area (Å²) in [4.78, 5) is 11.4. The molecule has 0 aliphatic carbocycles. The van der Waals surface area contributed by atoms with Crippen LogP contribution in [0.5, 0.6) is 5.75 Å². The monoisotopic (exact) mass is 320 g/mol. The van der Waals surface area contributed by atoms with Gasteiger partial charge < -0.3 is 15.4 Å². The zero-order valence-corrected chi connectivity index (χ0v) is 11.8. The summed E-state index contributed by atoms with van der Waals surface area (Å²) in [6, 6.07) is 5.24. The zero-order chi connectivity index (χ0) is 12.7. The van der Waals surface area contributed by atoms with Gasteiger partial charge in [-0.05, 0) is 25.2 Å². The predicted molar refractivity (Wildman–Crippen MR) is 71.6 cm³/mol. The molecule has 0 heterocycles. The molecule has 1 amide bonds. The molecule has 0 aliphatic heterocycles. The SMILES string of the molecule is CNCCNC(=O)COc1ccc(Br)cc1Cl. The summed E-state index contributed by atoms with van der Waals surface area (Å²) >= 11 is 9.24. The fraction of sp³-hybridized carbons (Fsp3) is 0.364. The van der Waals surface area contributed by atoms with E-state index >= 15 is 0 Å². The Morgan fingerprint density at radius 1 is 1.47 bits per heavy atom. The van der Waals surface area contributed by atoms with Crippen molar-refractivity contribution in [1.29, 1.82) is 0 Å². The molecule has 0 radical (unpaired) electrons. The Morgan fingerprint density at radius 3 is 2.88 bits per heavy atom. The summed E-state index contributed by atoms with van der Waals surface area (Å²) in [5, 5.41) is 6.11. The van der Waals surface area contributed by atoms with Crippen LogP contribution in [-0.2, 0) is 4.79 Å². The van der Waals surface area contributed by atoms with Crippen LogP contribution in [0.25, 0.3) is 0 Å². The van der Waals surface area contributed by atoms with Crippen molar-refractivity contribution in [1.82, 2.24) is 10.6 Å². The van der Waals surface area contributed by atoms with E-state index in [2.05, 4.69) is 26.6 Å². The minimum absolute atomic E-state index is 0.0366. The summed E-state index contributed by atoms with van der Waals surface area (Å²) in [6.07, 6.45) is 0. The van der Waals surface area contributed by atoms with Gasteiger partial charge in [0.15, 0.2) is 6.61 Å². The molecule has 17 heavy (non-hydrogen) atoms. The minimum Gasteiger partial charge on any atom is -0.482 e. The van der Waals surface area contributed by atoms with Crippen LogP contribution in [0.3, 0.4) is 0 Å². The van der Waals surface area contributed by atoms with Crippen LogP contribution in [0.15, 0.2) is 22.7 Å². The first-order valence-corrected chi connectivity index (χ1v) is 6.29. The van der Waals surface area contributed by atoms with Gasteiger partial charge in [0.1, 0.15) is 5.75 Å². The van der Waals surface area contributed by atoms with E-state index in [0.717, 1.165) is 11.0 Å². The lowest BCUT2D eigenvalue weighted by atomic mass is 10.3.